The van der Waals surface area contributed by atoms with Crippen LogP contribution in [-0.4, -0.2) is 54.9 Å². The molecule has 0 amide bonds. The van der Waals surface area contributed by atoms with Crippen LogP contribution in [0.25, 0.3) is 0 Å². The van der Waals surface area contributed by atoms with Gasteiger partial charge in [0.15, 0.2) is 0 Å². The Bertz CT molecular complexity index is 456. The Kier molecular flexibility index (Phi) is 6.68. The number of aliphatic hydroxyl groups is 1. The smallest absolute Gasteiger partial charge is 0.122 e. The van der Waals surface area contributed by atoms with Gasteiger partial charge in [-0.2, -0.15) is 0 Å². The molecule has 1 atom stereocenters. The first-order chi connectivity index (χ1) is 10.6. The Morgan fingerprint density at radius 2 is 2.05 bits per heavy atom. The number of nitrogens with zero attached hydrogens (tertiary/aromatic N) is 1. The maximum Gasteiger partial charge on any atom is 0.122 e. The van der Waals surface area contributed by atoms with E-state index in [1.807, 2.05) is 19.1 Å². The van der Waals surface area contributed by atoms with Crippen molar-refractivity contribution in [3.63, 3.8) is 0 Å². The molecule has 22 heavy (non-hydrogen) atoms. The second-order valence-electron chi connectivity index (χ2n) is 6.35. The highest BCUT2D eigenvalue weighted by Gasteiger charge is 2.18. The van der Waals surface area contributed by atoms with Crippen LogP contribution in [0.4, 0.5) is 0 Å². The fourth-order valence-electron chi connectivity index (χ4n) is 2.96. The van der Waals surface area contributed by atoms with Gasteiger partial charge in [0.1, 0.15) is 18.5 Å². The fraction of sp³-hybridized carbons (Fsp3) is 0.667. The molecule has 0 bridgehead atoms. The van der Waals surface area contributed by atoms with Crippen LogP contribution in [0, 0.1) is 13.8 Å². The molecule has 1 unspecified atom stereocenters. The van der Waals surface area contributed by atoms with Gasteiger partial charge in [0.25, 0.3) is 0 Å². The third-order valence-electron chi connectivity index (χ3n) is 4.44. The number of nitrogens with one attached hydrogen (secondary N) is 1. The highest BCUT2D eigenvalue weighted by molar-refractivity contribution is 5.35. The lowest BCUT2D eigenvalue weighted by Crippen LogP contribution is -2.45. The molecule has 1 aromatic carbocycles. The van der Waals surface area contributed by atoms with Gasteiger partial charge in [0.2, 0.25) is 0 Å². The highest BCUT2D eigenvalue weighted by atomic mass is 16.5. The minimum Gasteiger partial charge on any atom is -0.491 e. The van der Waals surface area contributed by atoms with Crippen molar-refractivity contribution >= 4 is 0 Å². The first-order valence-corrected chi connectivity index (χ1v) is 8.42. The van der Waals surface area contributed by atoms with Crippen LogP contribution in [0.15, 0.2) is 18.2 Å². The van der Waals surface area contributed by atoms with Gasteiger partial charge in [-0.05, 0) is 58.0 Å². The fourth-order valence-corrected chi connectivity index (χ4v) is 2.96. The lowest BCUT2D eigenvalue weighted by molar-refractivity contribution is 0.0983. The summed E-state index contributed by atoms with van der Waals surface area (Å²) in [6.07, 6.45) is 1.86. The molecular formula is C18H30N2O2. The molecule has 1 aliphatic rings. The zero-order valence-corrected chi connectivity index (χ0v) is 14.1. The van der Waals surface area contributed by atoms with Crippen molar-refractivity contribution in [3.05, 3.63) is 29.3 Å². The maximum absolute atomic E-state index is 10.1. The lowest BCUT2D eigenvalue weighted by Gasteiger charge is -2.32. The largest absolute Gasteiger partial charge is 0.491 e. The molecule has 0 saturated carbocycles. The predicted octanol–water partition coefficient (Wildman–Crippen LogP) is 2.12. The number of ether oxygens (including phenoxy) is 1. The average Bonchev–Trinajstić information content (AvgIpc) is 2.52. The minimum absolute atomic E-state index is 0.338. The molecule has 1 aliphatic heterocycles. The van der Waals surface area contributed by atoms with Crippen LogP contribution < -0.4 is 10.1 Å². The summed E-state index contributed by atoms with van der Waals surface area (Å²) in [6.45, 7) is 10.7. The van der Waals surface area contributed by atoms with E-state index in [1.54, 1.807) is 0 Å². The first-order valence-electron chi connectivity index (χ1n) is 8.42. The van der Waals surface area contributed by atoms with Crippen molar-refractivity contribution < 1.29 is 9.84 Å². The van der Waals surface area contributed by atoms with Crippen molar-refractivity contribution in [2.24, 2.45) is 0 Å². The van der Waals surface area contributed by atoms with E-state index < -0.39 is 6.10 Å². The standard InChI is InChI=1S/C18H30N2O2/c1-4-20-9-7-16(8-10-20)19-12-17(21)13-22-18-6-5-14(2)11-15(18)3/h5-6,11,16-17,19,21H,4,7-10,12-13H2,1-3H3. The summed E-state index contributed by atoms with van der Waals surface area (Å²) in [4.78, 5) is 2.47. The molecule has 0 aromatic heterocycles. The summed E-state index contributed by atoms with van der Waals surface area (Å²) >= 11 is 0. The van der Waals surface area contributed by atoms with Crippen molar-refractivity contribution in [2.45, 2.75) is 45.8 Å². The van der Waals surface area contributed by atoms with Crippen molar-refractivity contribution in [1.29, 1.82) is 0 Å². The second kappa shape index (κ2) is 8.51. The SMILES string of the molecule is CCN1CCC(NCC(O)COc2ccc(C)cc2C)CC1. The van der Waals surface area contributed by atoms with Gasteiger partial charge >= 0.3 is 0 Å². The lowest BCUT2D eigenvalue weighted by atomic mass is 10.1. The Hall–Kier alpha value is -1.10. The Labute approximate surface area is 134 Å². The molecule has 2 N–H and O–H groups in total. The average molecular weight is 306 g/mol. The van der Waals surface area contributed by atoms with Gasteiger partial charge in [-0.15, -0.1) is 0 Å². The molecule has 0 spiro atoms. The zero-order chi connectivity index (χ0) is 15.9. The highest BCUT2D eigenvalue weighted by Crippen LogP contribution is 2.18. The number of hydrogen-bond donors (Lipinski definition) is 2. The molecule has 1 heterocycles. The van der Waals surface area contributed by atoms with Crippen LogP contribution in [0.2, 0.25) is 0 Å². The molecule has 2 rings (SSSR count). The molecule has 4 nitrogen and oxygen atoms in total. The third kappa shape index (κ3) is 5.27. The molecule has 1 fully saturated rings. The molecule has 1 saturated heterocycles. The van der Waals surface area contributed by atoms with E-state index in [9.17, 15) is 5.11 Å². The summed E-state index contributed by atoms with van der Waals surface area (Å²) in [7, 11) is 0. The predicted molar refractivity (Wildman–Crippen MR) is 90.6 cm³/mol. The van der Waals surface area contributed by atoms with Crippen LogP contribution in [0.5, 0.6) is 5.75 Å². The summed E-state index contributed by atoms with van der Waals surface area (Å²) in [5, 5.41) is 13.6. The van der Waals surface area contributed by atoms with E-state index in [2.05, 4.69) is 30.1 Å². The quantitative estimate of drug-likeness (QED) is 0.810. The van der Waals surface area contributed by atoms with Gasteiger partial charge in [0, 0.05) is 12.6 Å². The van der Waals surface area contributed by atoms with Crippen LogP contribution in [0.1, 0.15) is 30.9 Å². The van der Waals surface area contributed by atoms with E-state index in [-0.39, 0.29) is 0 Å². The number of rotatable bonds is 7. The number of aliphatic hydroxyl groups excluding tert-OH is 1. The van der Waals surface area contributed by atoms with Crippen LogP contribution >= 0.6 is 0 Å². The van der Waals surface area contributed by atoms with Crippen LogP contribution in [0.3, 0.4) is 0 Å². The monoisotopic (exact) mass is 306 g/mol. The maximum atomic E-state index is 10.1. The normalized spacial score (nSPS) is 18.4. The summed E-state index contributed by atoms with van der Waals surface area (Å²) in [5.41, 5.74) is 2.34. The summed E-state index contributed by atoms with van der Waals surface area (Å²) in [5.74, 6) is 0.862. The van der Waals surface area contributed by atoms with Crippen molar-refractivity contribution in [1.82, 2.24) is 10.2 Å². The van der Waals surface area contributed by atoms with Gasteiger partial charge in [-0.1, -0.05) is 24.6 Å². The van der Waals surface area contributed by atoms with Gasteiger partial charge in [0.05, 0.1) is 0 Å². The van der Waals surface area contributed by atoms with E-state index >= 15 is 0 Å². The number of benzene rings is 1. The number of likely N-dealkylation sites (tertiary alicyclic amines) is 1. The second-order valence-corrected chi connectivity index (χ2v) is 6.35. The molecule has 1 aromatic rings. The van der Waals surface area contributed by atoms with E-state index in [1.165, 1.54) is 18.4 Å². The Balaban J connectivity index is 1.67. The van der Waals surface area contributed by atoms with Crippen molar-refractivity contribution in [2.75, 3.05) is 32.8 Å². The first kappa shape index (κ1) is 17.3. The molecular weight excluding hydrogens is 276 g/mol. The number of hydrogen-bond acceptors (Lipinski definition) is 4. The topological polar surface area (TPSA) is 44.7 Å². The van der Waals surface area contributed by atoms with Crippen molar-refractivity contribution in [3.8, 4) is 5.75 Å². The van der Waals surface area contributed by atoms with E-state index in [0.29, 0.717) is 19.2 Å². The molecule has 4 heteroatoms. The zero-order valence-electron chi connectivity index (χ0n) is 14.1. The van der Waals surface area contributed by atoms with Gasteiger partial charge in [-0.3, -0.25) is 0 Å². The number of aryl methyl sites for hydroxylation is 2. The minimum atomic E-state index is -0.468. The molecule has 0 aliphatic carbocycles. The molecule has 124 valence electrons. The van der Waals surface area contributed by atoms with Crippen LogP contribution in [-0.2, 0) is 0 Å². The Morgan fingerprint density at radius 3 is 2.68 bits per heavy atom. The van der Waals surface area contributed by atoms with Gasteiger partial charge < -0.3 is 20.1 Å². The third-order valence-corrected chi connectivity index (χ3v) is 4.44. The number of piperidine rings is 1. The molecule has 0 radical (unpaired) electrons. The summed E-state index contributed by atoms with van der Waals surface area (Å²) < 4.78 is 5.73. The Morgan fingerprint density at radius 1 is 1.32 bits per heavy atom. The van der Waals surface area contributed by atoms with E-state index in [4.69, 9.17) is 4.74 Å². The van der Waals surface area contributed by atoms with E-state index in [0.717, 1.165) is 30.9 Å². The summed E-state index contributed by atoms with van der Waals surface area (Å²) in [6, 6.07) is 6.64. The van der Waals surface area contributed by atoms with Gasteiger partial charge in [-0.25, -0.2) is 0 Å².